The van der Waals surface area contributed by atoms with Crippen LogP contribution in [0.25, 0.3) is 0 Å². The fourth-order valence-corrected chi connectivity index (χ4v) is 1.25. The van der Waals surface area contributed by atoms with Crippen LogP contribution in [0.3, 0.4) is 0 Å². The number of esters is 2. The minimum atomic E-state index is -0.253. The Hall–Kier alpha value is -1.06. The van der Waals surface area contributed by atoms with E-state index in [9.17, 15) is 9.59 Å². The molecule has 94 valence electrons. The van der Waals surface area contributed by atoms with E-state index in [1.165, 1.54) is 0 Å². The van der Waals surface area contributed by atoms with E-state index in [1.54, 1.807) is 6.92 Å². The number of hydrogen-bond donors (Lipinski definition) is 0. The maximum atomic E-state index is 11.3. The molecule has 0 aliphatic carbocycles. The van der Waals surface area contributed by atoms with Crippen LogP contribution in [0.15, 0.2) is 0 Å². The quantitative estimate of drug-likeness (QED) is 0.474. The summed E-state index contributed by atoms with van der Waals surface area (Å²) in [7, 11) is 0. The second kappa shape index (κ2) is 9.19. The molecule has 1 atom stereocenters. The minimum Gasteiger partial charge on any atom is -0.466 e. The van der Waals surface area contributed by atoms with E-state index in [4.69, 9.17) is 9.47 Å². The van der Waals surface area contributed by atoms with Gasteiger partial charge in [0.2, 0.25) is 0 Å². The van der Waals surface area contributed by atoms with Crippen molar-refractivity contribution < 1.29 is 19.1 Å². The lowest BCUT2D eigenvalue weighted by Crippen LogP contribution is -2.15. The second-order valence-electron chi connectivity index (χ2n) is 3.89. The topological polar surface area (TPSA) is 52.6 Å². The average Bonchev–Trinajstić information content (AvgIpc) is 2.17. The van der Waals surface area contributed by atoms with Crippen LogP contribution < -0.4 is 0 Å². The van der Waals surface area contributed by atoms with Gasteiger partial charge in [0.15, 0.2) is 0 Å². The van der Waals surface area contributed by atoms with Crippen LogP contribution >= 0.6 is 0 Å². The highest BCUT2D eigenvalue weighted by Crippen LogP contribution is 2.09. The molecule has 0 amide bonds. The third-order valence-electron chi connectivity index (χ3n) is 2.10. The van der Waals surface area contributed by atoms with Gasteiger partial charge in [-0.15, -0.1) is 0 Å². The van der Waals surface area contributed by atoms with Gasteiger partial charge in [-0.05, 0) is 19.3 Å². The largest absolute Gasteiger partial charge is 0.466 e. The maximum Gasteiger partial charge on any atom is 0.306 e. The molecule has 0 rings (SSSR count). The van der Waals surface area contributed by atoms with Crippen molar-refractivity contribution in [3.05, 3.63) is 0 Å². The molecule has 0 heterocycles. The van der Waals surface area contributed by atoms with Gasteiger partial charge < -0.3 is 9.47 Å². The van der Waals surface area contributed by atoms with Crippen LogP contribution in [0.2, 0.25) is 0 Å². The van der Waals surface area contributed by atoms with Crippen LogP contribution in [-0.2, 0) is 19.1 Å². The van der Waals surface area contributed by atoms with Crippen molar-refractivity contribution in [1.29, 1.82) is 0 Å². The molecule has 1 unspecified atom stereocenters. The van der Waals surface area contributed by atoms with Gasteiger partial charge >= 0.3 is 11.9 Å². The van der Waals surface area contributed by atoms with E-state index in [-0.39, 0.29) is 30.7 Å². The van der Waals surface area contributed by atoms with E-state index >= 15 is 0 Å². The van der Waals surface area contributed by atoms with Crippen molar-refractivity contribution in [1.82, 2.24) is 0 Å². The first kappa shape index (κ1) is 14.9. The van der Waals surface area contributed by atoms with Crippen molar-refractivity contribution in [2.75, 3.05) is 13.2 Å². The molecule has 0 bridgehead atoms. The summed E-state index contributed by atoms with van der Waals surface area (Å²) >= 11 is 0. The zero-order chi connectivity index (χ0) is 12.4. The number of rotatable bonds is 8. The predicted octanol–water partition coefficient (Wildman–Crippen LogP) is 2.31. The SMILES string of the molecule is CCCCOC(=O)CC(C)CC(=O)OCC. The summed E-state index contributed by atoms with van der Waals surface area (Å²) in [5.74, 6) is -0.505. The Morgan fingerprint density at radius 1 is 1.06 bits per heavy atom. The van der Waals surface area contributed by atoms with Crippen molar-refractivity contribution >= 4 is 11.9 Å². The third-order valence-corrected chi connectivity index (χ3v) is 2.10. The van der Waals surface area contributed by atoms with E-state index in [0.29, 0.717) is 13.2 Å². The van der Waals surface area contributed by atoms with E-state index < -0.39 is 0 Å². The molecule has 0 aliphatic rings. The van der Waals surface area contributed by atoms with Gasteiger partial charge in [0, 0.05) is 12.8 Å². The number of hydrogen-bond acceptors (Lipinski definition) is 4. The minimum absolute atomic E-state index is 0.0202. The first-order valence-corrected chi connectivity index (χ1v) is 5.91. The van der Waals surface area contributed by atoms with E-state index in [1.807, 2.05) is 13.8 Å². The first-order chi connectivity index (χ1) is 7.60. The Morgan fingerprint density at radius 2 is 1.62 bits per heavy atom. The van der Waals surface area contributed by atoms with Crippen molar-refractivity contribution in [2.24, 2.45) is 5.92 Å². The summed E-state index contributed by atoms with van der Waals surface area (Å²) in [6.45, 7) is 6.50. The molecule has 16 heavy (non-hydrogen) atoms. The molecule has 4 heteroatoms. The number of carbonyl (C=O) groups excluding carboxylic acids is 2. The molecule has 0 spiro atoms. The van der Waals surface area contributed by atoms with Crippen molar-refractivity contribution in [3.8, 4) is 0 Å². The van der Waals surface area contributed by atoms with Gasteiger partial charge in [0.05, 0.1) is 13.2 Å². The Labute approximate surface area is 97.3 Å². The molecule has 0 aliphatic heterocycles. The summed E-state index contributed by atoms with van der Waals surface area (Å²) in [4.78, 5) is 22.4. The highest BCUT2D eigenvalue weighted by molar-refractivity contribution is 5.73. The van der Waals surface area contributed by atoms with Crippen LogP contribution in [-0.4, -0.2) is 25.2 Å². The monoisotopic (exact) mass is 230 g/mol. The Bertz CT molecular complexity index is 213. The second-order valence-corrected chi connectivity index (χ2v) is 3.89. The number of carbonyl (C=O) groups is 2. The standard InChI is InChI=1S/C12H22O4/c1-4-6-7-16-12(14)9-10(3)8-11(13)15-5-2/h10H,4-9H2,1-3H3. The summed E-state index contributed by atoms with van der Waals surface area (Å²) < 4.78 is 9.81. The molecule has 0 radical (unpaired) electrons. The zero-order valence-electron chi connectivity index (χ0n) is 10.5. The highest BCUT2D eigenvalue weighted by atomic mass is 16.5. The van der Waals surface area contributed by atoms with Gasteiger partial charge in [-0.2, -0.15) is 0 Å². The highest BCUT2D eigenvalue weighted by Gasteiger charge is 2.14. The van der Waals surface area contributed by atoms with Gasteiger partial charge in [-0.25, -0.2) is 0 Å². The predicted molar refractivity (Wildman–Crippen MR) is 60.9 cm³/mol. The van der Waals surface area contributed by atoms with Gasteiger partial charge in [0.1, 0.15) is 0 Å². The average molecular weight is 230 g/mol. The zero-order valence-corrected chi connectivity index (χ0v) is 10.5. The summed E-state index contributed by atoms with van der Waals surface area (Å²) in [5.41, 5.74) is 0. The van der Waals surface area contributed by atoms with E-state index in [2.05, 4.69) is 0 Å². The lowest BCUT2D eigenvalue weighted by molar-refractivity contribution is -0.146. The molecular formula is C12H22O4. The van der Waals surface area contributed by atoms with Gasteiger partial charge in [-0.3, -0.25) is 9.59 Å². The van der Waals surface area contributed by atoms with Crippen LogP contribution in [0.4, 0.5) is 0 Å². The first-order valence-electron chi connectivity index (χ1n) is 5.91. The fourth-order valence-electron chi connectivity index (χ4n) is 1.25. The van der Waals surface area contributed by atoms with Crippen LogP contribution in [0.5, 0.6) is 0 Å². The van der Waals surface area contributed by atoms with Crippen LogP contribution in [0.1, 0.15) is 46.5 Å². The van der Waals surface area contributed by atoms with Crippen molar-refractivity contribution in [3.63, 3.8) is 0 Å². The lowest BCUT2D eigenvalue weighted by Gasteiger charge is -2.10. The lowest BCUT2D eigenvalue weighted by atomic mass is 10.0. The normalized spacial score (nSPS) is 11.9. The Morgan fingerprint density at radius 3 is 2.12 bits per heavy atom. The van der Waals surface area contributed by atoms with Gasteiger partial charge in [-0.1, -0.05) is 20.3 Å². The Balaban J connectivity index is 3.65. The van der Waals surface area contributed by atoms with Crippen molar-refractivity contribution in [2.45, 2.75) is 46.5 Å². The molecule has 0 aromatic carbocycles. The molecule has 0 fully saturated rings. The summed E-state index contributed by atoms with van der Waals surface area (Å²) in [6.07, 6.45) is 2.45. The number of ether oxygens (including phenoxy) is 2. The molecular weight excluding hydrogens is 208 g/mol. The summed E-state index contributed by atoms with van der Waals surface area (Å²) in [6, 6.07) is 0. The van der Waals surface area contributed by atoms with Gasteiger partial charge in [0.25, 0.3) is 0 Å². The fraction of sp³-hybridized carbons (Fsp3) is 0.833. The third kappa shape index (κ3) is 8.26. The molecule has 0 N–H and O–H groups in total. The van der Waals surface area contributed by atoms with Crippen LogP contribution in [0, 0.1) is 5.92 Å². The smallest absolute Gasteiger partial charge is 0.306 e. The van der Waals surface area contributed by atoms with E-state index in [0.717, 1.165) is 12.8 Å². The molecule has 0 aromatic heterocycles. The maximum absolute atomic E-state index is 11.3. The molecule has 4 nitrogen and oxygen atoms in total. The Kier molecular flexibility index (Phi) is 8.58. The molecule has 0 aromatic rings. The molecule has 0 saturated carbocycles. The molecule has 0 saturated heterocycles. The summed E-state index contributed by atoms with van der Waals surface area (Å²) in [5, 5.41) is 0. The number of unbranched alkanes of at least 4 members (excludes halogenated alkanes) is 1.